The van der Waals surface area contributed by atoms with Crippen LogP contribution < -0.4 is 27.0 Å². The smallest absolute Gasteiger partial charge is 0.251 e. The van der Waals surface area contributed by atoms with E-state index in [4.69, 9.17) is 54.1 Å². The number of benzene rings is 8. The zero-order chi connectivity index (χ0) is 94.0. The maximum absolute atomic E-state index is 13.7. The van der Waals surface area contributed by atoms with Gasteiger partial charge in [-0.15, -0.1) is 0 Å². The van der Waals surface area contributed by atoms with E-state index in [1.54, 1.807) is 0 Å². The number of rotatable bonds is 42. The molecule has 0 saturated carbocycles. The van der Waals surface area contributed by atoms with E-state index >= 15 is 0 Å². The van der Waals surface area contributed by atoms with Gasteiger partial charge < -0.3 is 80.3 Å². The van der Waals surface area contributed by atoms with Crippen molar-refractivity contribution in [1.29, 1.82) is 0 Å². The molecule has 0 fully saturated rings. The molecule has 10 N–H and O–H groups in total. The van der Waals surface area contributed by atoms with E-state index in [-0.39, 0.29) is 89.2 Å². The van der Waals surface area contributed by atoms with Crippen LogP contribution in [0.15, 0.2) is 279 Å². The molecule has 24 heteroatoms. The minimum absolute atomic E-state index is 0.155. The molecule has 0 unspecified atom stereocenters. The van der Waals surface area contributed by atoms with E-state index in [9.17, 15) is 19.2 Å². The molecule has 14 aromatic rings. The number of hydrogen-bond acceptors (Lipinski definition) is 16. The molecular formula is C114H108N14O10. The summed E-state index contributed by atoms with van der Waals surface area (Å²) in [7, 11) is 0. The fourth-order valence-corrected chi connectivity index (χ4v) is 17.5. The molecule has 0 saturated heterocycles. The van der Waals surface area contributed by atoms with E-state index in [2.05, 4.69) is 235 Å². The predicted molar refractivity (Wildman–Crippen MR) is 552 cm³/mol. The Morgan fingerprint density at radius 1 is 0.239 bits per heavy atom. The first kappa shape index (κ1) is 92.9. The number of hydrogen-bond donors (Lipinski definition) is 9. The first-order chi connectivity index (χ1) is 68.1. The summed E-state index contributed by atoms with van der Waals surface area (Å²) in [5.74, 6) is -0.791. The number of amides is 4. The number of carbonyl (C=O) groups is 4. The van der Waals surface area contributed by atoms with Crippen molar-refractivity contribution in [2.75, 3.05) is 132 Å². The summed E-state index contributed by atoms with van der Waals surface area (Å²) in [4.78, 5) is 92.6. The Hall–Kier alpha value is -15.5. The lowest BCUT2D eigenvalue weighted by Gasteiger charge is -2.22. The second-order valence-corrected chi connectivity index (χ2v) is 33.4. The normalized spacial score (nSPS) is 12.0. The van der Waals surface area contributed by atoms with Crippen molar-refractivity contribution in [2.24, 2.45) is 5.73 Å². The van der Waals surface area contributed by atoms with Gasteiger partial charge in [-0.1, -0.05) is 206 Å². The van der Waals surface area contributed by atoms with E-state index in [1.165, 1.54) is 0 Å². The van der Waals surface area contributed by atoms with E-state index in [0.717, 1.165) is 179 Å². The monoisotopic (exact) mass is 1830 g/mol. The number of nitrogens with zero attached hydrogens (tertiary/aromatic N) is 5. The molecule has 0 radical (unpaired) electrons. The van der Waals surface area contributed by atoms with Crippen molar-refractivity contribution in [3.8, 4) is 89.0 Å². The first-order valence-corrected chi connectivity index (χ1v) is 46.9. The maximum atomic E-state index is 13.7. The van der Waals surface area contributed by atoms with Crippen LogP contribution in [0.2, 0.25) is 0 Å². The summed E-state index contributed by atoms with van der Waals surface area (Å²) in [6.45, 7) is 6.73. The summed E-state index contributed by atoms with van der Waals surface area (Å²) < 4.78 is 34.5. The number of nitrogens with two attached hydrogens (primary N) is 1. The topological polar surface area (TPSA) is 316 Å². The second-order valence-electron chi connectivity index (χ2n) is 33.4. The fraction of sp³-hybridized carbons (Fsp3) is 0.193. The Kier molecular flexibility index (Phi) is 31.1. The molecule has 8 aromatic carbocycles. The molecule has 4 amide bonds. The van der Waals surface area contributed by atoms with Gasteiger partial charge in [0.2, 0.25) is 11.8 Å². The van der Waals surface area contributed by atoms with Gasteiger partial charge in [-0.25, -0.2) is 19.9 Å². The minimum Gasteiger partial charge on any atom is -0.378 e. The van der Waals surface area contributed by atoms with Crippen molar-refractivity contribution < 1.29 is 47.6 Å². The average molecular weight is 1830 g/mol. The molecule has 18 rings (SSSR count). The van der Waals surface area contributed by atoms with Gasteiger partial charge in [-0.3, -0.25) is 19.2 Å². The quantitative estimate of drug-likeness (QED) is 0.0161. The van der Waals surface area contributed by atoms with Crippen LogP contribution in [0.4, 0.5) is 0 Å². The molecule has 0 aliphatic carbocycles. The van der Waals surface area contributed by atoms with Gasteiger partial charge in [-0.2, -0.15) is 0 Å². The number of carbonyl (C=O) groups excluding carboxylic acids is 4. The van der Waals surface area contributed by atoms with Gasteiger partial charge >= 0.3 is 0 Å². The lowest BCUT2D eigenvalue weighted by atomic mass is 10.0. The highest BCUT2D eigenvalue weighted by atomic mass is 16.5. The highest BCUT2D eigenvalue weighted by Crippen LogP contribution is 2.42. The number of aromatic amines is 4. The van der Waals surface area contributed by atoms with Crippen molar-refractivity contribution in [2.45, 2.75) is 12.8 Å². The van der Waals surface area contributed by atoms with Crippen LogP contribution in [0.5, 0.6) is 0 Å². The third-order valence-corrected chi connectivity index (χ3v) is 24.2. The van der Waals surface area contributed by atoms with Crippen LogP contribution in [0.1, 0.15) is 79.1 Å². The number of fused-ring (bicyclic) bond motifs is 16. The Morgan fingerprint density at radius 3 is 0.681 bits per heavy atom. The number of H-pyrrole nitrogens is 4. The second kappa shape index (κ2) is 46.2. The molecule has 24 nitrogen and oxygen atoms in total. The van der Waals surface area contributed by atoms with Crippen molar-refractivity contribution in [1.82, 2.24) is 66.0 Å². The van der Waals surface area contributed by atoms with Crippen LogP contribution in [-0.2, 0) is 38.0 Å². The van der Waals surface area contributed by atoms with E-state index < -0.39 is 0 Å². The standard InChI is InChI=1S/C114H108N14O10/c115-57-65-133-71-76-138-70-64-128(62-55-103(129)116-58-66-134-72-74-136-68-60-118-113(131)85-35-31-83(32-36-85)111-99-51-47-95(124-99)107(79-23-11-3-12-24-79)91-43-39-87(120-91)105(77-19-7-1-8-20-77)88-40-44-92(121-88)108(80-25-13-4-14-26-80)96-48-52-100(111)125-96)63-56-104(130)117-59-67-135-73-75-137-69-61-119-114(132)86-37-33-84(34-38-86)112-101-53-49-97(126-101)109(81-27-15-5-16-28-81)93-45-41-89(122-93)106(78-21-9-2-10-22-78)90-42-46-94(123-90)110(82-29-17-6-18-30-82)98-50-54-102(112)127-98/h1-54,120,122,125,127H,55-76,115H2,(H,116,129)(H,117,130)(H,118,131)(H,119,132). The summed E-state index contributed by atoms with van der Waals surface area (Å²) >= 11 is 0. The minimum atomic E-state index is -0.241. The lowest BCUT2D eigenvalue weighted by molar-refractivity contribution is -0.121. The highest BCUT2D eigenvalue weighted by Gasteiger charge is 2.25. The molecule has 0 spiro atoms. The highest BCUT2D eigenvalue weighted by molar-refractivity contribution is 6.04. The van der Waals surface area contributed by atoms with Gasteiger partial charge in [-0.05, 0) is 166 Å². The van der Waals surface area contributed by atoms with Crippen LogP contribution in [-0.4, -0.2) is 200 Å². The largest absolute Gasteiger partial charge is 0.378 e. The van der Waals surface area contributed by atoms with Gasteiger partial charge in [0.25, 0.3) is 11.8 Å². The summed E-state index contributed by atoms with van der Waals surface area (Å²) in [5.41, 5.74) is 35.4. The van der Waals surface area contributed by atoms with Gasteiger partial charge in [0, 0.05) is 165 Å². The summed E-state index contributed by atoms with van der Waals surface area (Å²) in [5, 5.41) is 11.9. The Bertz CT molecular complexity index is 6630. The number of ether oxygens (including phenoxy) is 6. The van der Waals surface area contributed by atoms with Crippen molar-refractivity contribution >= 4 is 116 Å². The first-order valence-electron chi connectivity index (χ1n) is 46.9. The van der Waals surface area contributed by atoms with Crippen molar-refractivity contribution in [3.05, 3.63) is 336 Å². The van der Waals surface area contributed by atoms with Crippen LogP contribution in [0, 0.1) is 0 Å². The van der Waals surface area contributed by atoms with Crippen LogP contribution in [0.25, 0.3) is 182 Å². The fourth-order valence-electron chi connectivity index (χ4n) is 17.5. The molecule has 16 bridgehead atoms. The molecule has 138 heavy (non-hydrogen) atoms. The molecule has 10 heterocycles. The van der Waals surface area contributed by atoms with Gasteiger partial charge in [0.05, 0.1) is 125 Å². The van der Waals surface area contributed by atoms with Gasteiger partial charge in [0.1, 0.15) is 0 Å². The molecule has 0 atom stereocenters. The lowest BCUT2D eigenvalue weighted by Crippen LogP contribution is -2.37. The van der Waals surface area contributed by atoms with E-state index in [0.29, 0.717) is 90.0 Å². The number of aromatic nitrogens is 8. The third kappa shape index (κ3) is 23.0. The average Bonchev–Trinajstić information content (AvgIpc) is 1.62. The third-order valence-electron chi connectivity index (χ3n) is 24.2. The number of nitrogens with one attached hydrogen (secondary N) is 8. The summed E-state index contributed by atoms with van der Waals surface area (Å²) in [6.07, 6.45) is 17.0. The zero-order valence-corrected chi connectivity index (χ0v) is 76.6. The maximum Gasteiger partial charge on any atom is 0.251 e. The Morgan fingerprint density at radius 2 is 0.449 bits per heavy atom. The van der Waals surface area contributed by atoms with Gasteiger partial charge in [0.15, 0.2) is 0 Å². The van der Waals surface area contributed by atoms with E-state index in [1.807, 2.05) is 138 Å². The van der Waals surface area contributed by atoms with Crippen molar-refractivity contribution in [3.63, 3.8) is 0 Å². The van der Waals surface area contributed by atoms with Crippen LogP contribution >= 0.6 is 0 Å². The SMILES string of the molecule is NCCOCCOCCN(CCC(=O)NCCOCCOCCNC(=O)c1ccc(-c2c3nc(c(-c4ccccc4)c4ccc([nH]4)c(-c4ccccc4)c4nc(c(-c5ccccc5)c5ccc2[nH]5)C=C4)C=C3)cc1)CCC(=O)NCCOCCOCCNC(=O)c1ccc(-c2c3nc(c(-c4ccccc4)c4ccc([nH]4)c(-c4ccccc4)c4nc(c(-c5ccccc5)c5ccc2[nH]5)C=C4)C=C3)cc1. The molecular weight excluding hydrogens is 1730 g/mol. The molecule has 694 valence electrons. The zero-order valence-electron chi connectivity index (χ0n) is 76.6. The molecule has 4 aliphatic rings. The Balaban J connectivity index is 0.425. The molecule has 4 aliphatic heterocycles. The summed E-state index contributed by atoms with van der Waals surface area (Å²) in [6, 6.07) is 94.0. The Labute approximate surface area is 800 Å². The van der Waals surface area contributed by atoms with Crippen LogP contribution in [0.3, 0.4) is 0 Å². The molecule has 6 aromatic heterocycles. The predicted octanol–water partition coefficient (Wildman–Crippen LogP) is 19.5.